The van der Waals surface area contributed by atoms with Gasteiger partial charge in [-0.3, -0.25) is 9.59 Å². The SMILES string of the molecule is C[C@H]1C[C@H](O)[C@@H](C)/C=C/C=C/C=C/C=C/C=C/C=C/C=C/C(O[C@@H]2OC[C@@H](O)[C@H](N)[C@H]2O)C[C@@H]2OC(O)(CC(O)CC(O)C(O)CCC(O)CC(O)CC(=O)O1)C[C@H](O)C2C(=O)NCC(F)F. The van der Waals surface area contributed by atoms with E-state index in [1.807, 2.05) is 6.92 Å². The fraction of sp³-hybridized carbons (Fsp3) is 0.660. The van der Waals surface area contributed by atoms with Crippen molar-refractivity contribution in [2.75, 3.05) is 13.2 Å². The van der Waals surface area contributed by atoms with E-state index < -0.39 is 148 Å². The molecular formula is C47H72F2N2O16. The number of rotatable bonds is 5. The molecule has 2 fully saturated rings. The van der Waals surface area contributed by atoms with Gasteiger partial charge in [0.05, 0.1) is 92.6 Å². The number of amides is 1. The molecule has 0 radical (unpaired) electrons. The molecule has 380 valence electrons. The predicted molar refractivity (Wildman–Crippen MR) is 239 cm³/mol. The Kier molecular flexibility index (Phi) is 25.4. The van der Waals surface area contributed by atoms with Gasteiger partial charge in [0, 0.05) is 38.0 Å². The number of fused-ring (bicyclic) bond motifs is 2. The van der Waals surface area contributed by atoms with Crippen LogP contribution in [0.3, 0.4) is 0 Å². The number of nitrogens with one attached hydrogen (secondary N) is 1. The van der Waals surface area contributed by atoms with Crippen LogP contribution in [0.25, 0.3) is 0 Å². The van der Waals surface area contributed by atoms with Gasteiger partial charge in [-0.1, -0.05) is 92.0 Å². The number of alkyl halides is 2. The third-order valence-electron chi connectivity index (χ3n) is 11.5. The van der Waals surface area contributed by atoms with E-state index in [1.165, 1.54) is 6.08 Å². The lowest BCUT2D eigenvalue weighted by Gasteiger charge is -2.45. The molecule has 17 atom stereocenters. The minimum absolute atomic E-state index is 0.132. The zero-order chi connectivity index (χ0) is 49.7. The van der Waals surface area contributed by atoms with Crippen molar-refractivity contribution in [1.82, 2.24) is 5.32 Å². The third-order valence-corrected chi connectivity index (χ3v) is 11.5. The fourth-order valence-electron chi connectivity index (χ4n) is 7.81. The van der Waals surface area contributed by atoms with Gasteiger partial charge in [0.15, 0.2) is 12.1 Å². The number of hydrogen-bond acceptors (Lipinski definition) is 17. The number of aliphatic hydroxyl groups excluding tert-OH is 9. The maximum atomic E-state index is 13.3. The summed E-state index contributed by atoms with van der Waals surface area (Å²) < 4.78 is 49.2. The van der Waals surface area contributed by atoms with E-state index in [0.717, 1.165) is 0 Å². The van der Waals surface area contributed by atoms with E-state index in [4.69, 9.17) is 24.7 Å². The summed E-state index contributed by atoms with van der Waals surface area (Å²) in [5.74, 6) is -6.02. The summed E-state index contributed by atoms with van der Waals surface area (Å²) in [7, 11) is 0. The molecule has 0 saturated carbocycles. The topological polar surface area (TPSA) is 311 Å². The quantitative estimate of drug-likeness (QED) is 0.166. The van der Waals surface area contributed by atoms with E-state index in [1.54, 1.807) is 85.9 Å². The molecule has 2 bridgehead atoms. The molecule has 0 spiro atoms. The van der Waals surface area contributed by atoms with Crippen molar-refractivity contribution in [3.8, 4) is 0 Å². The molecule has 2 saturated heterocycles. The molecule has 3 rings (SSSR count). The Morgan fingerprint density at radius 2 is 1.34 bits per heavy atom. The van der Waals surface area contributed by atoms with Gasteiger partial charge in [-0.2, -0.15) is 0 Å². The van der Waals surface area contributed by atoms with Crippen LogP contribution >= 0.6 is 0 Å². The van der Waals surface area contributed by atoms with Gasteiger partial charge in [-0.25, -0.2) is 8.78 Å². The molecule has 0 aromatic heterocycles. The second kappa shape index (κ2) is 29.4. The Hall–Kier alpha value is -3.58. The molecule has 8 unspecified atom stereocenters. The van der Waals surface area contributed by atoms with Crippen LogP contribution in [0.5, 0.6) is 0 Å². The summed E-state index contributed by atoms with van der Waals surface area (Å²) in [5.41, 5.74) is 5.94. The van der Waals surface area contributed by atoms with Crippen LogP contribution in [0.1, 0.15) is 71.6 Å². The normalized spacial score (nSPS) is 42.3. The van der Waals surface area contributed by atoms with E-state index in [-0.39, 0.29) is 44.6 Å². The number of ether oxygens (including phenoxy) is 4. The van der Waals surface area contributed by atoms with Gasteiger partial charge in [0.2, 0.25) is 5.91 Å². The lowest BCUT2D eigenvalue weighted by atomic mass is 9.82. The van der Waals surface area contributed by atoms with Gasteiger partial charge in [0.25, 0.3) is 6.43 Å². The van der Waals surface area contributed by atoms with Crippen molar-refractivity contribution in [3.63, 3.8) is 0 Å². The van der Waals surface area contributed by atoms with Crippen LogP contribution < -0.4 is 11.1 Å². The Morgan fingerprint density at radius 1 is 0.746 bits per heavy atom. The number of carbonyl (C=O) groups is 2. The number of esters is 1. The molecule has 3 aliphatic heterocycles. The number of nitrogens with two attached hydrogens (primary N) is 1. The Bertz CT molecular complexity index is 1700. The van der Waals surface area contributed by atoms with Gasteiger partial charge >= 0.3 is 5.97 Å². The van der Waals surface area contributed by atoms with E-state index in [0.29, 0.717) is 0 Å². The summed E-state index contributed by atoms with van der Waals surface area (Å²) >= 11 is 0. The van der Waals surface area contributed by atoms with E-state index >= 15 is 0 Å². The number of carbonyl (C=O) groups excluding carboxylic acids is 2. The highest BCUT2D eigenvalue weighted by atomic mass is 19.3. The van der Waals surface area contributed by atoms with Crippen LogP contribution in [-0.2, 0) is 28.5 Å². The van der Waals surface area contributed by atoms with Gasteiger partial charge in [-0.05, 0) is 26.2 Å². The summed E-state index contributed by atoms with van der Waals surface area (Å²) in [6, 6.07) is -1.17. The average molecular weight is 959 g/mol. The largest absolute Gasteiger partial charge is 0.462 e. The molecule has 3 heterocycles. The molecule has 0 aliphatic carbocycles. The first-order valence-corrected chi connectivity index (χ1v) is 22.7. The molecule has 20 heteroatoms. The monoisotopic (exact) mass is 958 g/mol. The Balaban J connectivity index is 1.89. The second-order valence-electron chi connectivity index (χ2n) is 17.5. The zero-order valence-electron chi connectivity index (χ0n) is 37.9. The summed E-state index contributed by atoms with van der Waals surface area (Å²) in [4.78, 5) is 25.8. The number of halogens is 2. The van der Waals surface area contributed by atoms with Crippen LogP contribution in [0.2, 0.25) is 0 Å². The van der Waals surface area contributed by atoms with Gasteiger partial charge in [-0.15, -0.1) is 0 Å². The zero-order valence-corrected chi connectivity index (χ0v) is 37.9. The lowest BCUT2D eigenvalue weighted by Crippen LogP contribution is -2.59. The highest BCUT2D eigenvalue weighted by Crippen LogP contribution is 2.38. The van der Waals surface area contributed by atoms with Crippen molar-refractivity contribution in [2.45, 2.75) is 169 Å². The van der Waals surface area contributed by atoms with Gasteiger partial charge < -0.3 is 81.1 Å². The minimum Gasteiger partial charge on any atom is -0.462 e. The lowest BCUT2D eigenvalue weighted by molar-refractivity contribution is -0.304. The highest BCUT2D eigenvalue weighted by Gasteiger charge is 2.50. The molecule has 13 N–H and O–H groups in total. The summed E-state index contributed by atoms with van der Waals surface area (Å²) in [6.45, 7) is 2.05. The van der Waals surface area contributed by atoms with Crippen molar-refractivity contribution < 1.29 is 88.4 Å². The Morgan fingerprint density at radius 3 is 1.96 bits per heavy atom. The predicted octanol–water partition coefficient (Wildman–Crippen LogP) is 0.374. The molecule has 3 aliphatic rings. The smallest absolute Gasteiger partial charge is 0.308 e. The first-order valence-electron chi connectivity index (χ1n) is 22.7. The third kappa shape index (κ3) is 21.3. The molecule has 0 aromatic carbocycles. The minimum atomic E-state index is -2.94. The maximum absolute atomic E-state index is 13.3. The molecular weight excluding hydrogens is 887 g/mol. The first kappa shape index (κ1) is 57.7. The standard InChI is InChI=1S/C47H72F2N2O16/c1-28-15-13-11-9-7-5-3-4-6-8-10-12-14-16-33(66-46-44(61)43(50)38(59)27-64-46)23-39-42(45(62)51-26-40(48)49)37(58)25-47(63,67-39)24-32(54)21-36(57)34(55)18-17-30(52)20-31(53)22-41(60)65-29(2)19-35(28)56/h3-16,28-40,42-44,46,52-59,61,63H,17-27,50H2,1-2H3,(H,51,62)/b4-3+,7-5+,8-6+,11-9+,12-10+,15-13+,16-14+/t28-,29-,30?,31?,32?,33?,34?,35-,36?,37-,38+,39-,42?,43-,44+,46-,47?/m0/s1. The summed E-state index contributed by atoms with van der Waals surface area (Å²) in [6.07, 6.45) is 0.492. The first-order chi connectivity index (χ1) is 31.7. The average Bonchev–Trinajstić information content (AvgIpc) is 3.23. The molecule has 0 aromatic rings. The van der Waals surface area contributed by atoms with Crippen LogP contribution in [0.4, 0.5) is 8.78 Å². The molecule has 1 amide bonds. The van der Waals surface area contributed by atoms with Crippen molar-refractivity contribution in [1.29, 1.82) is 0 Å². The molecule has 67 heavy (non-hydrogen) atoms. The van der Waals surface area contributed by atoms with E-state index in [2.05, 4.69) is 5.32 Å². The van der Waals surface area contributed by atoms with Crippen molar-refractivity contribution in [2.24, 2.45) is 17.6 Å². The fourth-order valence-corrected chi connectivity index (χ4v) is 7.81. The van der Waals surface area contributed by atoms with Crippen LogP contribution in [0, 0.1) is 11.8 Å². The number of hydrogen-bond donors (Lipinski definition) is 12. The Labute approximate surface area is 390 Å². The number of aliphatic hydroxyl groups is 10. The van der Waals surface area contributed by atoms with Gasteiger partial charge in [0.1, 0.15) is 12.2 Å². The van der Waals surface area contributed by atoms with Crippen LogP contribution in [-0.4, -0.2) is 174 Å². The van der Waals surface area contributed by atoms with Crippen LogP contribution in [0.15, 0.2) is 85.1 Å². The summed E-state index contributed by atoms with van der Waals surface area (Å²) in [5, 5.41) is 110. The highest BCUT2D eigenvalue weighted by molar-refractivity contribution is 5.80. The second-order valence-corrected chi connectivity index (χ2v) is 17.5. The number of allylic oxidation sites excluding steroid dienone is 12. The molecule has 18 nitrogen and oxygen atoms in total. The van der Waals surface area contributed by atoms with Crippen molar-refractivity contribution >= 4 is 11.9 Å². The van der Waals surface area contributed by atoms with Crippen molar-refractivity contribution in [3.05, 3.63) is 85.1 Å². The van der Waals surface area contributed by atoms with E-state index in [9.17, 15) is 69.4 Å². The number of cyclic esters (lactones) is 1. The maximum Gasteiger partial charge on any atom is 0.308 e.